The third-order valence-electron chi connectivity index (χ3n) is 2.02. The molecule has 6 heteroatoms. The molecule has 0 aliphatic rings. The van der Waals surface area contributed by atoms with Gasteiger partial charge in [0.2, 0.25) is 0 Å². The number of carbonyl (C=O) groups is 2. The molecule has 0 heterocycles. The molecule has 0 aliphatic carbocycles. The third-order valence-corrected chi connectivity index (χ3v) is 2.02. The Labute approximate surface area is 133 Å². The quantitative estimate of drug-likeness (QED) is 0.463. The van der Waals surface area contributed by atoms with Crippen molar-refractivity contribution in [1.29, 1.82) is 0 Å². The summed E-state index contributed by atoms with van der Waals surface area (Å²) in [6.45, 7) is 12.8. The van der Waals surface area contributed by atoms with Gasteiger partial charge in [-0.2, -0.15) is 0 Å². The Morgan fingerprint density at radius 3 is 2.09 bits per heavy atom. The van der Waals surface area contributed by atoms with Crippen molar-refractivity contribution in [2.75, 3.05) is 13.2 Å². The molecule has 0 saturated heterocycles. The predicted octanol–water partition coefficient (Wildman–Crippen LogP) is 2.81. The van der Waals surface area contributed by atoms with Crippen LogP contribution in [0.4, 0.5) is 4.79 Å². The number of hydrogen-bond acceptors (Lipinski definition) is 5. The molecule has 0 aromatic rings. The van der Waals surface area contributed by atoms with E-state index in [0.29, 0.717) is 0 Å². The molecule has 0 rings (SSSR count). The molecule has 128 valence electrons. The first-order chi connectivity index (χ1) is 9.89. The average Bonchev–Trinajstić information content (AvgIpc) is 2.22. The highest BCUT2D eigenvalue weighted by atomic mass is 16.6. The first-order valence-corrected chi connectivity index (χ1v) is 7.35. The van der Waals surface area contributed by atoms with E-state index in [0.717, 1.165) is 0 Å². The highest BCUT2D eigenvalue weighted by Crippen LogP contribution is 2.07. The Hall–Kier alpha value is -1.56. The fourth-order valence-electron chi connectivity index (χ4n) is 1.38. The van der Waals surface area contributed by atoms with Crippen molar-refractivity contribution in [2.24, 2.45) is 0 Å². The maximum atomic E-state index is 11.5. The normalized spacial score (nSPS) is 13.8. The Morgan fingerprint density at radius 1 is 1.05 bits per heavy atom. The van der Waals surface area contributed by atoms with E-state index in [-0.39, 0.29) is 19.3 Å². The van der Waals surface area contributed by atoms with Gasteiger partial charge < -0.3 is 19.5 Å². The van der Waals surface area contributed by atoms with Gasteiger partial charge in [-0.05, 0) is 48.5 Å². The fraction of sp³-hybridized carbons (Fsp3) is 0.750. The van der Waals surface area contributed by atoms with E-state index in [9.17, 15) is 9.59 Å². The highest BCUT2D eigenvalue weighted by Gasteiger charge is 2.17. The second-order valence-corrected chi connectivity index (χ2v) is 6.96. The molecule has 1 N–H and O–H groups in total. The number of ether oxygens (including phenoxy) is 3. The Bertz CT molecular complexity index is 390. The van der Waals surface area contributed by atoms with Crippen LogP contribution in [0.25, 0.3) is 0 Å². The molecule has 1 atom stereocenters. The molecule has 0 fully saturated rings. The number of carbonyl (C=O) groups excluding carboxylic acids is 2. The van der Waals surface area contributed by atoms with Crippen LogP contribution in [0.3, 0.4) is 0 Å². The van der Waals surface area contributed by atoms with Gasteiger partial charge in [-0.25, -0.2) is 9.59 Å². The van der Waals surface area contributed by atoms with Crippen LogP contribution in [0.2, 0.25) is 0 Å². The van der Waals surface area contributed by atoms with Crippen LogP contribution in [-0.4, -0.2) is 42.5 Å². The smallest absolute Gasteiger partial charge is 0.408 e. The minimum atomic E-state index is -0.524. The van der Waals surface area contributed by atoms with E-state index >= 15 is 0 Å². The summed E-state index contributed by atoms with van der Waals surface area (Å²) >= 11 is 0. The van der Waals surface area contributed by atoms with E-state index in [1.165, 1.54) is 0 Å². The van der Waals surface area contributed by atoms with Crippen LogP contribution in [0, 0.1) is 0 Å². The third kappa shape index (κ3) is 13.4. The lowest BCUT2D eigenvalue weighted by Gasteiger charge is -2.21. The van der Waals surface area contributed by atoms with Crippen LogP contribution in [0.1, 0.15) is 48.5 Å². The lowest BCUT2D eigenvalue weighted by Crippen LogP contribution is -2.36. The van der Waals surface area contributed by atoms with Gasteiger partial charge in [0, 0.05) is 6.04 Å². The van der Waals surface area contributed by atoms with Gasteiger partial charge in [0.15, 0.2) is 0 Å². The summed E-state index contributed by atoms with van der Waals surface area (Å²) < 4.78 is 15.4. The Balaban J connectivity index is 3.89. The Morgan fingerprint density at radius 2 is 1.59 bits per heavy atom. The van der Waals surface area contributed by atoms with Gasteiger partial charge in [0.25, 0.3) is 0 Å². The molecule has 0 saturated carbocycles. The minimum Gasteiger partial charge on any atom is -0.458 e. The van der Waals surface area contributed by atoms with E-state index in [2.05, 4.69) is 5.32 Å². The molecule has 0 aliphatic heterocycles. The molecule has 0 spiro atoms. The Kier molecular flexibility index (Phi) is 8.16. The van der Waals surface area contributed by atoms with Crippen LogP contribution < -0.4 is 5.32 Å². The summed E-state index contributed by atoms with van der Waals surface area (Å²) in [5, 5.41) is 2.67. The van der Waals surface area contributed by atoms with Crippen LogP contribution in [0.5, 0.6) is 0 Å². The molecule has 22 heavy (non-hydrogen) atoms. The molecule has 0 aromatic carbocycles. The first kappa shape index (κ1) is 20.4. The van der Waals surface area contributed by atoms with Crippen molar-refractivity contribution >= 4 is 12.1 Å². The summed E-state index contributed by atoms with van der Waals surface area (Å²) in [4.78, 5) is 22.9. The summed E-state index contributed by atoms with van der Waals surface area (Å²) in [6.07, 6.45) is 3.02. The molecule has 6 nitrogen and oxygen atoms in total. The lowest BCUT2D eigenvalue weighted by molar-refractivity contribution is -0.159. The maximum absolute atomic E-state index is 11.5. The monoisotopic (exact) mass is 315 g/mol. The summed E-state index contributed by atoms with van der Waals surface area (Å²) in [7, 11) is 0. The lowest BCUT2D eigenvalue weighted by atomic mass is 10.2. The first-order valence-electron chi connectivity index (χ1n) is 7.35. The molecule has 0 radical (unpaired) electrons. The number of rotatable bonds is 6. The SMILES string of the molecule is C[C@@H](/C=C/COCC(=O)OC(C)(C)C)NC(=O)OC(C)(C)C. The van der Waals surface area contributed by atoms with Crippen LogP contribution >= 0.6 is 0 Å². The summed E-state index contributed by atoms with van der Waals surface area (Å²) in [6, 6.07) is -0.194. The number of amides is 1. The van der Waals surface area contributed by atoms with Gasteiger partial charge >= 0.3 is 12.1 Å². The van der Waals surface area contributed by atoms with Crippen molar-refractivity contribution in [3.63, 3.8) is 0 Å². The number of alkyl carbamates (subject to hydrolysis) is 1. The molecular weight excluding hydrogens is 286 g/mol. The van der Waals surface area contributed by atoms with Gasteiger partial charge in [-0.1, -0.05) is 12.2 Å². The number of hydrogen-bond donors (Lipinski definition) is 1. The fourth-order valence-corrected chi connectivity index (χ4v) is 1.38. The van der Waals surface area contributed by atoms with Gasteiger partial charge in [-0.15, -0.1) is 0 Å². The molecule has 0 aromatic heterocycles. The van der Waals surface area contributed by atoms with Crippen molar-refractivity contribution in [2.45, 2.75) is 65.7 Å². The molecule has 0 unspecified atom stereocenters. The standard InChI is InChI=1S/C16H29NO5/c1-12(17-14(19)22-16(5,6)7)9-8-10-20-11-13(18)21-15(2,3)4/h8-9,12H,10-11H2,1-7H3,(H,17,19)/b9-8+/t12-/m0/s1. The van der Waals surface area contributed by atoms with Crippen LogP contribution in [0.15, 0.2) is 12.2 Å². The highest BCUT2D eigenvalue weighted by molar-refractivity contribution is 5.71. The van der Waals surface area contributed by atoms with Gasteiger partial charge in [0.1, 0.15) is 17.8 Å². The van der Waals surface area contributed by atoms with Gasteiger partial charge in [-0.3, -0.25) is 0 Å². The zero-order chi connectivity index (χ0) is 17.4. The van der Waals surface area contributed by atoms with Crippen molar-refractivity contribution in [1.82, 2.24) is 5.32 Å². The van der Waals surface area contributed by atoms with Gasteiger partial charge in [0.05, 0.1) is 6.61 Å². The minimum absolute atomic E-state index is 0.102. The van der Waals surface area contributed by atoms with Crippen molar-refractivity contribution < 1.29 is 23.8 Å². The zero-order valence-corrected chi connectivity index (χ0v) is 14.7. The van der Waals surface area contributed by atoms with Crippen molar-refractivity contribution in [3.05, 3.63) is 12.2 Å². The van der Waals surface area contributed by atoms with E-state index in [1.54, 1.807) is 53.7 Å². The topological polar surface area (TPSA) is 73.9 Å². The summed E-state index contributed by atoms with van der Waals surface area (Å²) in [5.41, 5.74) is -1.04. The molecular formula is C16H29NO5. The predicted molar refractivity (Wildman–Crippen MR) is 84.6 cm³/mol. The maximum Gasteiger partial charge on any atom is 0.408 e. The number of esters is 1. The van der Waals surface area contributed by atoms with E-state index in [1.807, 2.05) is 6.92 Å². The van der Waals surface area contributed by atoms with E-state index < -0.39 is 23.3 Å². The zero-order valence-electron chi connectivity index (χ0n) is 14.7. The molecule has 1 amide bonds. The molecule has 0 bridgehead atoms. The largest absolute Gasteiger partial charge is 0.458 e. The second kappa shape index (κ2) is 8.78. The van der Waals surface area contributed by atoms with Crippen molar-refractivity contribution in [3.8, 4) is 0 Å². The average molecular weight is 315 g/mol. The second-order valence-electron chi connectivity index (χ2n) is 6.96. The van der Waals surface area contributed by atoms with E-state index in [4.69, 9.17) is 14.2 Å². The van der Waals surface area contributed by atoms with Crippen LogP contribution in [-0.2, 0) is 19.0 Å². The summed E-state index contributed by atoms with van der Waals surface area (Å²) in [5.74, 6) is -0.402. The number of nitrogens with one attached hydrogen (secondary N) is 1.